The SMILES string of the molecule is CCS(=O)(=O)N1CCC(C(=O)OCC(=O)Nc2cccc3ccccc23)CC1. The van der Waals surface area contributed by atoms with E-state index in [1.807, 2.05) is 36.4 Å². The van der Waals surface area contributed by atoms with Gasteiger partial charge in [-0.05, 0) is 31.2 Å². The Hall–Kier alpha value is -2.45. The number of ether oxygens (including phenoxy) is 1. The predicted octanol–water partition coefficient (Wildman–Crippen LogP) is 2.38. The highest BCUT2D eigenvalue weighted by Crippen LogP contribution is 2.23. The van der Waals surface area contributed by atoms with Crippen molar-refractivity contribution in [3.8, 4) is 0 Å². The number of nitrogens with zero attached hydrogens (tertiary/aromatic N) is 1. The Morgan fingerprint density at radius 3 is 2.50 bits per heavy atom. The molecule has 1 fully saturated rings. The molecule has 0 unspecified atom stereocenters. The highest BCUT2D eigenvalue weighted by molar-refractivity contribution is 7.89. The van der Waals surface area contributed by atoms with Crippen molar-refractivity contribution in [3.63, 3.8) is 0 Å². The van der Waals surface area contributed by atoms with Crippen LogP contribution in [0.3, 0.4) is 0 Å². The van der Waals surface area contributed by atoms with Gasteiger partial charge in [0.1, 0.15) is 0 Å². The normalized spacial score (nSPS) is 16.0. The van der Waals surface area contributed by atoms with E-state index in [-0.39, 0.29) is 18.3 Å². The molecule has 0 saturated carbocycles. The van der Waals surface area contributed by atoms with Crippen LogP contribution in [0.25, 0.3) is 10.8 Å². The van der Waals surface area contributed by atoms with Crippen LogP contribution in [0.2, 0.25) is 0 Å². The molecule has 1 aliphatic rings. The smallest absolute Gasteiger partial charge is 0.309 e. The molecule has 1 amide bonds. The molecule has 0 atom stereocenters. The summed E-state index contributed by atoms with van der Waals surface area (Å²) < 4.78 is 30.3. The van der Waals surface area contributed by atoms with Crippen molar-refractivity contribution in [3.05, 3.63) is 42.5 Å². The van der Waals surface area contributed by atoms with Crippen molar-refractivity contribution in [2.45, 2.75) is 19.8 Å². The Bertz CT molecular complexity index is 960. The first-order chi connectivity index (χ1) is 13.4. The Labute approximate surface area is 164 Å². The average Bonchev–Trinajstić information content (AvgIpc) is 2.72. The van der Waals surface area contributed by atoms with E-state index < -0.39 is 21.9 Å². The lowest BCUT2D eigenvalue weighted by Crippen LogP contribution is -2.41. The summed E-state index contributed by atoms with van der Waals surface area (Å²) in [7, 11) is -3.23. The largest absolute Gasteiger partial charge is 0.455 e. The molecule has 0 radical (unpaired) electrons. The molecule has 1 N–H and O–H groups in total. The van der Waals surface area contributed by atoms with Crippen LogP contribution in [0.5, 0.6) is 0 Å². The van der Waals surface area contributed by atoms with Gasteiger partial charge in [-0.15, -0.1) is 0 Å². The van der Waals surface area contributed by atoms with Crippen LogP contribution in [-0.2, 0) is 24.3 Å². The molecule has 2 aromatic rings. The highest BCUT2D eigenvalue weighted by atomic mass is 32.2. The topological polar surface area (TPSA) is 92.8 Å². The molecule has 8 heteroatoms. The number of rotatable bonds is 6. The fraction of sp³-hybridized carbons (Fsp3) is 0.400. The lowest BCUT2D eigenvalue weighted by atomic mass is 9.98. The number of esters is 1. The van der Waals surface area contributed by atoms with Gasteiger partial charge in [-0.1, -0.05) is 36.4 Å². The van der Waals surface area contributed by atoms with Gasteiger partial charge in [0.25, 0.3) is 5.91 Å². The molecule has 0 bridgehead atoms. The first-order valence-corrected chi connectivity index (χ1v) is 10.9. The number of amides is 1. The summed E-state index contributed by atoms with van der Waals surface area (Å²) in [6.07, 6.45) is 0.812. The fourth-order valence-corrected chi connectivity index (χ4v) is 4.46. The number of benzene rings is 2. The van der Waals surface area contributed by atoms with Crippen LogP contribution in [-0.4, -0.2) is 50.0 Å². The summed E-state index contributed by atoms with van der Waals surface area (Å²) in [6.45, 7) is 1.84. The average molecular weight is 404 g/mol. The molecule has 0 aromatic heterocycles. The molecule has 28 heavy (non-hydrogen) atoms. The molecular weight excluding hydrogens is 380 g/mol. The van der Waals surface area contributed by atoms with Crippen LogP contribution in [0.15, 0.2) is 42.5 Å². The maximum Gasteiger partial charge on any atom is 0.309 e. The van der Waals surface area contributed by atoms with Crippen LogP contribution in [0.1, 0.15) is 19.8 Å². The zero-order valence-electron chi connectivity index (χ0n) is 15.8. The second-order valence-corrected chi connectivity index (χ2v) is 9.01. The lowest BCUT2D eigenvalue weighted by molar-refractivity contribution is -0.152. The highest BCUT2D eigenvalue weighted by Gasteiger charge is 2.31. The Balaban J connectivity index is 1.50. The van der Waals surface area contributed by atoms with E-state index in [1.54, 1.807) is 13.0 Å². The molecule has 3 rings (SSSR count). The maximum atomic E-state index is 12.2. The monoisotopic (exact) mass is 404 g/mol. The fourth-order valence-electron chi connectivity index (χ4n) is 3.33. The van der Waals surface area contributed by atoms with E-state index in [1.165, 1.54) is 4.31 Å². The number of anilines is 1. The van der Waals surface area contributed by atoms with Gasteiger partial charge in [0.15, 0.2) is 6.61 Å². The van der Waals surface area contributed by atoms with Crippen LogP contribution >= 0.6 is 0 Å². The summed E-state index contributed by atoms with van der Waals surface area (Å²) in [4.78, 5) is 24.4. The first kappa shape index (κ1) is 20.3. The zero-order chi connectivity index (χ0) is 20.1. The van der Waals surface area contributed by atoms with Crippen molar-refractivity contribution in [2.75, 3.05) is 30.8 Å². The summed E-state index contributed by atoms with van der Waals surface area (Å²) in [5, 5.41) is 4.69. The minimum absolute atomic E-state index is 0.0520. The third-order valence-corrected chi connectivity index (χ3v) is 6.84. The first-order valence-electron chi connectivity index (χ1n) is 9.33. The van der Waals surface area contributed by atoms with Gasteiger partial charge in [-0.2, -0.15) is 0 Å². The molecular formula is C20H24N2O5S. The molecule has 0 spiro atoms. The van der Waals surface area contributed by atoms with E-state index in [0.717, 1.165) is 10.8 Å². The summed E-state index contributed by atoms with van der Waals surface area (Å²) in [5.74, 6) is -1.19. The van der Waals surface area contributed by atoms with Gasteiger partial charge in [0, 0.05) is 24.2 Å². The number of nitrogens with one attached hydrogen (secondary N) is 1. The van der Waals surface area contributed by atoms with Gasteiger partial charge in [-0.3, -0.25) is 9.59 Å². The molecule has 1 heterocycles. The quantitative estimate of drug-likeness (QED) is 0.746. The molecule has 1 saturated heterocycles. The molecule has 7 nitrogen and oxygen atoms in total. The van der Waals surface area contributed by atoms with E-state index in [0.29, 0.717) is 31.6 Å². The van der Waals surface area contributed by atoms with Crippen molar-refractivity contribution in [2.24, 2.45) is 5.92 Å². The summed E-state index contributed by atoms with van der Waals surface area (Å²) >= 11 is 0. The Morgan fingerprint density at radius 2 is 1.79 bits per heavy atom. The lowest BCUT2D eigenvalue weighted by Gasteiger charge is -2.29. The van der Waals surface area contributed by atoms with Gasteiger partial charge < -0.3 is 10.1 Å². The number of fused-ring (bicyclic) bond motifs is 1. The number of carbonyl (C=O) groups is 2. The summed E-state index contributed by atoms with van der Waals surface area (Å²) in [6, 6.07) is 13.3. The van der Waals surface area contributed by atoms with E-state index in [9.17, 15) is 18.0 Å². The van der Waals surface area contributed by atoms with E-state index >= 15 is 0 Å². The van der Waals surface area contributed by atoms with E-state index in [2.05, 4.69) is 5.32 Å². The maximum absolute atomic E-state index is 12.2. The number of hydrogen-bond donors (Lipinski definition) is 1. The van der Waals surface area contributed by atoms with Crippen molar-refractivity contribution >= 4 is 38.4 Å². The third kappa shape index (κ3) is 4.69. The van der Waals surface area contributed by atoms with Crippen LogP contribution in [0.4, 0.5) is 5.69 Å². The Kier molecular flexibility index (Phi) is 6.31. The second kappa shape index (κ2) is 8.70. The van der Waals surface area contributed by atoms with Gasteiger partial charge in [0.05, 0.1) is 11.7 Å². The minimum atomic E-state index is -3.23. The van der Waals surface area contributed by atoms with Crippen LogP contribution < -0.4 is 5.32 Å². The van der Waals surface area contributed by atoms with E-state index in [4.69, 9.17) is 4.74 Å². The number of piperidine rings is 1. The number of carbonyl (C=O) groups excluding carboxylic acids is 2. The van der Waals surface area contributed by atoms with Gasteiger partial charge in [-0.25, -0.2) is 12.7 Å². The minimum Gasteiger partial charge on any atom is -0.455 e. The number of sulfonamides is 1. The summed E-state index contributed by atoms with van der Waals surface area (Å²) in [5.41, 5.74) is 0.664. The zero-order valence-corrected chi connectivity index (χ0v) is 16.6. The molecule has 2 aromatic carbocycles. The third-order valence-electron chi connectivity index (χ3n) is 4.95. The molecule has 1 aliphatic heterocycles. The van der Waals surface area contributed by atoms with Crippen molar-refractivity contribution < 1.29 is 22.7 Å². The number of hydrogen-bond acceptors (Lipinski definition) is 5. The van der Waals surface area contributed by atoms with Crippen molar-refractivity contribution in [1.82, 2.24) is 4.31 Å². The second-order valence-electron chi connectivity index (χ2n) is 6.76. The van der Waals surface area contributed by atoms with Gasteiger partial charge in [0.2, 0.25) is 10.0 Å². The van der Waals surface area contributed by atoms with Gasteiger partial charge >= 0.3 is 5.97 Å². The van der Waals surface area contributed by atoms with Crippen LogP contribution in [0, 0.1) is 5.92 Å². The standard InChI is InChI=1S/C20H24N2O5S/c1-2-28(25,26)22-12-10-16(11-13-22)20(24)27-14-19(23)21-18-9-5-7-15-6-3-4-8-17(15)18/h3-9,16H,2,10-14H2,1H3,(H,21,23). The molecule has 0 aliphatic carbocycles. The predicted molar refractivity (Wildman–Crippen MR) is 107 cm³/mol. The Morgan fingerprint density at radius 1 is 1.11 bits per heavy atom. The van der Waals surface area contributed by atoms with Crippen molar-refractivity contribution in [1.29, 1.82) is 0 Å². The molecule has 150 valence electrons.